The molecule has 8 heteroatoms. The second kappa shape index (κ2) is 6.64. The molecule has 0 saturated carbocycles. The van der Waals surface area contributed by atoms with E-state index in [4.69, 9.17) is 13.7 Å². The highest BCUT2D eigenvalue weighted by atomic mass is 16.6. The zero-order chi connectivity index (χ0) is 19.0. The third kappa shape index (κ3) is 3.17. The van der Waals surface area contributed by atoms with E-state index < -0.39 is 12.1 Å². The molecule has 0 spiro atoms. The van der Waals surface area contributed by atoms with E-state index in [9.17, 15) is 4.79 Å². The van der Waals surface area contributed by atoms with Gasteiger partial charge in [0.15, 0.2) is 6.10 Å². The highest BCUT2D eigenvalue weighted by Gasteiger charge is 2.24. The number of pyridine rings is 1. The van der Waals surface area contributed by atoms with Crippen molar-refractivity contribution in [3.05, 3.63) is 59.2 Å². The summed E-state index contributed by atoms with van der Waals surface area (Å²) < 4.78 is 16.3. The molecule has 1 aromatic carbocycles. The van der Waals surface area contributed by atoms with E-state index in [1.807, 2.05) is 30.3 Å². The first-order valence-corrected chi connectivity index (χ1v) is 8.36. The molecule has 136 valence electrons. The summed E-state index contributed by atoms with van der Waals surface area (Å²) in [4.78, 5) is 16.9. The van der Waals surface area contributed by atoms with Gasteiger partial charge >= 0.3 is 5.97 Å². The van der Waals surface area contributed by atoms with Gasteiger partial charge in [0.25, 0.3) is 11.6 Å². The number of aromatic nitrogens is 4. The van der Waals surface area contributed by atoms with E-state index in [1.54, 1.807) is 26.8 Å². The zero-order valence-corrected chi connectivity index (χ0v) is 15.0. The van der Waals surface area contributed by atoms with Crippen LogP contribution in [-0.2, 0) is 4.74 Å². The van der Waals surface area contributed by atoms with Gasteiger partial charge in [-0.1, -0.05) is 23.4 Å². The summed E-state index contributed by atoms with van der Waals surface area (Å²) in [6.45, 7) is 5.18. The SMILES string of the molecule is Cc1cc(C(=O)O[C@H](C)c2nnc(-c3ccccc3)o2)c2c(C)noc2n1. The molecule has 0 radical (unpaired) electrons. The van der Waals surface area contributed by atoms with Crippen LogP contribution in [0.15, 0.2) is 45.3 Å². The molecule has 0 aliphatic rings. The van der Waals surface area contributed by atoms with Crippen LogP contribution in [0.3, 0.4) is 0 Å². The van der Waals surface area contributed by atoms with Crippen LogP contribution in [0.5, 0.6) is 0 Å². The molecule has 8 nitrogen and oxygen atoms in total. The molecule has 0 saturated heterocycles. The van der Waals surface area contributed by atoms with Crippen molar-refractivity contribution < 1.29 is 18.5 Å². The van der Waals surface area contributed by atoms with Crippen molar-refractivity contribution in [1.29, 1.82) is 0 Å². The molecule has 0 bridgehead atoms. The Morgan fingerprint density at radius 2 is 1.93 bits per heavy atom. The monoisotopic (exact) mass is 364 g/mol. The second-order valence-electron chi connectivity index (χ2n) is 6.12. The van der Waals surface area contributed by atoms with Crippen molar-refractivity contribution in [2.24, 2.45) is 0 Å². The van der Waals surface area contributed by atoms with E-state index in [2.05, 4.69) is 20.3 Å². The van der Waals surface area contributed by atoms with Gasteiger partial charge < -0.3 is 13.7 Å². The van der Waals surface area contributed by atoms with Crippen molar-refractivity contribution >= 4 is 17.1 Å². The Kier molecular flexibility index (Phi) is 4.15. The first-order chi connectivity index (χ1) is 13.0. The van der Waals surface area contributed by atoms with Gasteiger partial charge in [0, 0.05) is 11.3 Å². The molecule has 4 rings (SSSR count). The minimum absolute atomic E-state index is 0.214. The number of benzene rings is 1. The third-order valence-electron chi connectivity index (χ3n) is 4.06. The van der Waals surface area contributed by atoms with E-state index >= 15 is 0 Å². The van der Waals surface area contributed by atoms with Crippen LogP contribution in [0.1, 0.15) is 40.7 Å². The molecule has 3 heterocycles. The Morgan fingerprint density at radius 3 is 2.70 bits per heavy atom. The maximum absolute atomic E-state index is 12.7. The van der Waals surface area contributed by atoms with Crippen LogP contribution in [0, 0.1) is 13.8 Å². The number of hydrogen-bond acceptors (Lipinski definition) is 8. The zero-order valence-electron chi connectivity index (χ0n) is 15.0. The van der Waals surface area contributed by atoms with Crippen molar-refractivity contribution in [2.45, 2.75) is 26.9 Å². The first-order valence-electron chi connectivity index (χ1n) is 8.36. The van der Waals surface area contributed by atoms with Crippen LogP contribution < -0.4 is 0 Å². The highest BCUT2D eigenvalue weighted by molar-refractivity contribution is 6.03. The lowest BCUT2D eigenvalue weighted by Crippen LogP contribution is -2.11. The van der Waals surface area contributed by atoms with Crippen LogP contribution >= 0.6 is 0 Å². The average molecular weight is 364 g/mol. The van der Waals surface area contributed by atoms with Gasteiger partial charge in [-0.25, -0.2) is 9.78 Å². The van der Waals surface area contributed by atoms with Crippen molar-refractivity contribution in [3.8, 4) is 11.5 Å². The predicted molar refractivity (Wildman–Crippen MR) is 94.8 cm³/mol. The van der Waals surface area contributed by atoms with Gasteiger partial charge in [0.1, 0.15) is 0 Å². The van der Waals surface area contributed by atoms with Gasteiger partial charge in [0.2, 0.25) is 5.89 Å². The molecule has 1 atom stereocenters. The number of hydrogen-bond donors (Lipinski definition) is 0. The minimum atomic E-state index is -0.717. The topological polar surface area (TPSA) is 104 Å². The summed E-state index contributed by atoms with van der Waals surface area (Å²) in [6, 6.07) is 11.0. The van der Waals surface area contributed by atoms with E-state index in [0.717, 1.165) is 5.56 Å². The van der Waals surface area contributed by atoms with Gasteiger partial charge in [-0.15, -0.1) is 10.2 Å². The van der Waals surface area contributed by atoms with E-state index in [-0.39, 0.29) is 5.89 Å². The number of aryl methyl sites for hydroxylation is 2. The summed E-state index contributed by atoms with van der Waals surface area (Å²) >= 11 is 0. The number of esters is 1. The average Bonchev–Trinajstić information content (AvgIpc) is 3.29. The number of carbonyl (C=O) groups excluding carboxylic acids is 1. The quantitative estimate of drug-likeness (QED) is 0.504. The molecule has 0 aliphatic carbocycles. The van der Waals surface area contributed by atoms with Gasteiger partial charge in [-0.05, 0) is 39.0 Å². The Labute approximate surface area is 154 Å². The molecular weight excluding hydrogens is 348 g/mol. The van der Waals surface area contributed by atoms with Crippen molar-refractivity contribution in [2.75, 3.05) is 0 Å². The minimum Gasteiger partial charge on any atom is -0.449 e. The summed E-state index contributed by atoms with van der Waals surface area (Å²) in [5.41, 5.74) is 2.63. The lowest BCUT2D eigenvalue weighted by Gasteiger charge is -2.10. The molecule has 0 aliphatic heterocycles. The Bertz CT molecular complexity index is 1120. The fourth-order valence-corrected chi connectivity index (χ4v) is 2.75. The van der Waals surface area contributed by atoms with Gasteiger partial charge in [-0.2, -0.15) is 0 Å². The van der Waals surface area contributed by atoms with E-state index in [1.165, 1.54) is 0 Å². The predicted octanol–water partition coefficient (Wildman–Crippen LogP) is 3.81. The number of nitrogens with zero attached hydrogens (tertiary/aromatic N) is 4. The van der Waals surface area contributed by atoms with Crippen molar-refractivity contribution in [1.82, 2.24) is 20.3 Å². The number of rotatable bonds is 4. The van der Waals surface area contributed by atoms with Gasteiger partial charge in [0.05, 0.1) is 16.6 Å². The maximum Gasteiger partial charge on any atom is 0.339 e. The number of carbonyl (C=O) groups is 1. The Hall–Kier alpha value is -3.55. The van der Waals surface area contributed by atoms with Crippen LogP contribution in [0.2, 0.25) is 0 Å². The lowest BCUT2D eigenvalue weighted by molar-refractivity contribution is 0.0282. The number of ether oxygens (including phenoxy) is 1. The number of fused-ring (bicyclic) bond motifs is 1. The molecule has 0 fully saturated rings. The molecule has 3 aromatic heterocycles. The molecular formula is C19H16N4O4. The summed E-state index contributed by atoms with van der Waals surface area (Å²) in [6.07, 6.45) is -0.717. The van der Waals surface area contributed by atoms with Crippen molar-refractivity contribution in [3.63, 3.8) is 0 Å². The fourth-order valence-electron chi connectivity index (χ4n) is 2.75. The summed E-state index contributed by atoms with van der Waals surface area (Å²) in [7, 11) is 0. The first kappa shape index (κ1) is 16.9. The normalized spacial score (nSPS) is 12.3. The Balaban J connectivity index is 1.59. The second-order valence-corrected chi connectivity index (χ2v) is 6.12. The maximum atomic E-state index is 12.7. The molecule has 0 N–H and O–H groups in total. The summed E-state index contributed by atoms with van der Waals surface area (Å²) in [5, 5.41) is 12.4. The van der Waals surface area contributed by atoms with Gasteiger partial charge in [-0.3, -0.25) is 0 Å². The molecule has 0 amide bonds. The lowest BCUT2D eigenvalue weighted by atomic mass is 10.1. The fraction of sp³-hybridized carbons (Fsp3) is 0.211. The van der Waals surface area contributed by atoms with Crippen LogP contribution in [-0.4, -0.2) is 26.3 Å². The highest BCUT2D eigenvalue weighted by Crippen LogP contribution is 2.26. The summed E-state index contributed by atoms with van der Waals surface area (Å²) in [5.74, 6) is 0.0422. The molecule has 4 aromatic rings. The van der Waals surface area contributed by atoms with E-state index in [0.29, 0.717) is 33.9 Å². The van der Waals surface area contributed by atoms with Crippen LogP contribution in [0.4, 0.5) is 0 Å². The van der Waals surface area contributed by atoms with Crippen LogP contribution in [0.25, 0.3) is 22.6 Å². The largest absolute Gasteiger partial charge is 0.449 e. The Morgan fingerprint density at radius 1 is 1.15 bits per heavy atom. The smallest absolute Gasteiger partial charge is 0.339 e. The standard InChI is InChI=1S/C19H16N4O4/c1-10-9-14(15-11(2)23-27-18(15)20-10)19(24)25-12(3)16-21-22-17(26-16)13-7-5-4-6-8-13/h4-9,12H,1-3H3/t12-/m1/s1. The molecule has 27 heavy (non-hydrogen) atoms. The molecule has 0 unspecified atom stereocenters. The third-order valence-corrected chi connectivity index (χ3v) is 4.06.